The molecule has 8 heteroatoms. The van der Waals surface area contributed by atoms with E-state index in [-0.39, 0.29) is 5.91 Å². The minimum absolute atomic E-state index is 0.236. The largest absolute Gasteiger partial charge is 0.366 e. The highest BCUT2D eigenvalue weighted by Gasteiger charge is 2.27. The third-order valence-corrected chi connectivity index (χ3v) is 6.29. The number of rotatable bonds is 9. The molecule has 1 aromatic heterocycles. The normalized spacial score (nSPS) is 14.5. The number of primary amides is 1. The topological polar surface area (TPSA) is 115 Å². The number of fused-ring (bicyclic) bond motifs is 1. The molecule has 2 aromatic carbocycles. The molecule has 0 radical (unpaired) electrons. The molecular formula is C25H32N6O2. The summed E-state index contributed by atoms with van der Waals surface area (Å²) in [7, 11) is 1.86. The van der Waals surface area contributed by atoms with Gasteiger partial charge in [0.2, 0.25) is 5.91 Å². The number of carbonyl (C=O) groups is 2. The SMILES string of the molecule is CNCCNNC(=O)c1c(N2CCC(Cc3ccccc3)CC2)[nH]c2ccc(C(N)=O)cc12. The van der Waals surface area contributed by atoms with E-state index in [0.29, 0.717) is 29.0 Å². The lowest BCUT2D eigenvalue weighted by atomic mass is 9.90. The molecule has 1 aliphatic heterocycles. The summed E-state index contributed by atoms with van der Waals surface area (Å²) in [4.78, 5) is 30.6. The van der Waals surface area contributed by atoms with Crippen molar-refractivity contribution < 1.29 is 9.59 Å². The second kappa shape index (κ2) is 10.5. The minimum atomic E-state index is -0.514. The summed E-state index contributed by atoms with van der Waals surface area (Å²) >= 11 is 0. The van der Waals surface area contributed by atoms with E-state index in [4.69, 9.17) is 5.73 Å². The Labute approximate surface area is 193 Å². The third-order valence-electron chi connectivity index (χ3n) is 6.29. The average molecular weight is 449 g/mol. The van der Waals surface area contributed by atoms with E-state index in [1.165, 1.54) is 5.56 Å². The van der Waals surface area contributed by atoms with Crippen LogP contribution in [0.3, 0.4) is 0 Å². The van der Waals surface area contributed by atoms with Crippen LogP contribution in [0.2, 0.25) is 0 Å². The maximum Gasteiger partial charge on any atom is 0.269 e. The summed E-state index contributed by atoms with van der Waals surface area (Å²) in [5.41, 5.74) is 14.3. The summed E-state index contributed by atoms with van der Waals surface area (Å²) in [6, 6.07) is 15.8. The Bertz CT molecular complexity index is 1100. The quantitative estimate of drug-likeness (QED) is 0.254. The molecule has 1 saturated heterocycles. The highest BCUT2D eigenvalue weighted by molar-refractivity contribution is 6.13. The van der Waals surface area contributed by atoms with Crippen LogP contribution in [0, 0.1) is 5.92 Å². The number of hydrogen-bond acceptors (Lipinski definition) is 5. The van der Waals surface area contributed by atoms with Gasteiger partial charge in [-0.3, -0.25) is 15.0 Å². The van der Waals surface area contributed by atoms with Gasteiger partial charge in [0.1, 0.15) is 5.82 Å². The molecule has 2 heterocycles. The number of amides is 2. The lowest BCUT2D eigenvalue weighted by molar-refractivity contribution is 0.0934. The molecule has 174 valence electrons. The first-order chi connectivity index (χ1) is 16.1. The Balaban J connectivity index is 1.56. The van der Waals surface area contributed by atoms with Gasteiger partial charge in [-0.2, -0.15) is 0 Å². The van der Waals surface area contributed by atoms with Crippen LogP contribution in [0.1, 0.15) is 39.1 Å². The highest BCUT2D eigenvalue weighted by Crippen LogP contribution is 2.33. The molecule has 0 bridgehead atoms. The summed E-state index contributed by atoms with van der Waals surface area (Å²) in [6.07, 6.45) is 3.18. The minimum Gasteiger partial charge on any atom is -0.366 e. The first-order valence-electron chi connectivity index (χ1n) is 11.5. The molecule has 2 amide bonds. The third kappa shape index (κ3) is 5.35. The lowest BCUT2D eigenvalue weighted by Gasteiger charge is -2.33. The van der Waals surface area contributed by atoms with Crippen molar-refractivity contribution in [1.82, 2.24) is 21.2 Å². The fourth-order valence-corrected chi connectivity index (χ4v) is 4.50. The number of hydrazine groups is 1. The molecule has 1 aliphatic rings. The van der Waals surface area contributed by atoms with E-state index in [0.717, 1.165) is 50.2 Å². The van der Waals surface area contributed by atoms with Crippen molar-refractivity contribution in [3.63, 3.8) is 0 Å². The van der Waals surface area contributed by atoms with Crippen molar-refractivity contribution in [2.24, 2.45) is 11.7 Å². The van der Waals surface area contributed by atoms with Crippen molar-refractivity contribution in [1.29, 1.82) is 0 Å². The van der Waals surface area contributed by atoms with E-state index < -0.39 is 5.91 Å². The van der Waals surface area contributed by atoms with Crippen LogP contribution >= 0.6 is 0 Å². The molecule has 0 unspecified atom stereocenters. The second-order valence-corrected chi connectivity index (χ2v) is 8.58. The van der Waals surface area contributed by atoms with Crippen LogP contribution < -0.4 is 26.8 Å². The maximum absolute atomic E-state index is 13.2. The first-order valence-corrected chi connectivity index (χ1v) is 11.5. The van der Waals surface area contributed by atoms with Crippen LogP contribution in [0.15, 0.2) is 48.5 Å². The summed E-state index contributed by atoms with van der Waals surface area (Å²) < 4.78 is 0. The number of carbonyl (C=O) groups excluding carboxylic acids is 2. The van der Waals surface area contributed by atoms with Gasteiger partial charge in [0, 0.05) is 42.6 Å². The monoisotopic (exact) mass is 448 g/mol. The molecule has 0 spiro atoms. The van der Waals surface area contributed by atoms with Gasteiger partial charge in [-0.05, 0) is 56.0 Å². The van der Waals surface area contributed by atoms with Gasteiger partial charge >= 0.3 is 0 Å². The number of nitrogens with one attached hydrogen (secondary N) is 4. The Morgan fingerprint density at radius 3 is 2.55 bits per heavy atom. The molecule has 0 aliphatic carbocycles. The van der Waals surface area contributed by atoms with Gasteiger partial charge < -0.3 is 20.9 Å². The van der Waals surface area contributed by atoms with Crippen molar-refractivity contribution >= 4 is 28.5 Å². The number of benzene rings is 2. The smallest absolute Gasteiger partial charge is 0.269 e. The van der Waals surface area contributed by atoms with Crippen LogP contribution in [0.4, 0.5) is 5.82 Å². The molecule has 8 nitrogen and oxygen atoms in total. The number of hydrogen-bond donors (Lipinski definition) is 5. The van der Waals surface area contributed by atoms with Crippen LogP contribution in [0.25, 0.3) is 10.9 Å². The predicted molar refractivity (Wildman–Crippen MR) is 131 cm³/mol. The van der Waals surface area contributed by atoms with Crippen molar-refractivity contribution in [3.8, 4) is 0 Å². The number of piperidine rings is 1. The van der Waals surface area contributed by atoms with E-state index in [2.05, 4.69) is 50.3 Å². The fourth-order valence-electron chi connectivity index (χ4n) is 4.50. The van der Waals surface area contributed by atoms with Gasteiger partial charge in [0.15, 0.2) is 0 Å². The van der Waals surface area contributed by atoms with Gasteiger partial charge in [0.25, 0.3) is 5.91 Å². The van der Waals surface area contributed by atoms with Crippen LogP contribution in [0.5, 0.6) is 0 Å². The molecular weight excluding hydrogens is 416 g/mol. The summed E-state index contributed by atoms with van der Waals surface area (Å²) in [5, 5.41) is 3.73. The van der Waals surface area contributed by atoms with E-state index in [9.17, 15) is 9.59 Å². The summed E-state index contributed by atoms with van der Waals surface area (Å²) in [6.45, 7) is 3.04. The number of H-pyrrole nitrogens is 1. The zero-order chi connectivity index (χ0) is 23.2. The van der Waals surface area contributed by atoms with E-state index in [1.807, 2.05) is 19.2 Å². The van der Waals surface area contributed by atoms with Crippen molar-refractivity contribution in [2.75, 3.05) is 38.1 Å². The number of nitrogens with two attached hydrogens (primary N) is 1. The van der Waals surface area contributed by atoms with Crippen molar-refractivity contribution in [2.45, 2.75) is 19.3 Å². The zero-order valence-corrected chi connectivity index (χ0v) is 19.0. The predicted octanol–water partition coefficient (Wildman–Crippen LogP) is 2.18. The number of likely N-dealkylation sites (N-methyl/N-ethyl adjacent to an activating group) is 1. The number of aromatic nitrogens is 1. The molecule has 0 saturated carbocycles. The maximum atomic E-state index is 13.2. The molecule has 3 aromatic rings. The van der Waals surface area contributed by atoms with Gasteiger partial charge in [0.05, 0.1) is 5.56 Å². The Hall–Kier alpha value is -3.36. The summed E-state index contributed by atoms with van der Waals surface area (Å²) in [5.74, 6) is 0.660. The van der Waals surface area contributed by atoms with Crippen molar-refractivity contribution in [3.05, 3.63) is 65.2 Å². The zero-order valence-electron chi connectivity index (χ0n) is 19.0. The first kappa shape index (κ1) is 22.8. The van der Waals surface area contributed by atoms with Gasteiger partial charge in [-0.25, -0.2) is 5.43 Å². The van der Waals surface area contributed by atoms with Crippen LogP contribution in [-0.4, -0.2) is 50.0 Å². The molecule has 33 heavy (non-hydrogen) atoms. The fraction of sp³-hybridized carbons (Fsp3) is 0.360. The second-order valence-electron chi connectivity index (χ2n) is 8.58. The lowest BCUT2D eigenvalue weighted by Crippen LogP contribution is -2.42. The van der Waals surface area contributed by atoms with Gasteiger partial charge in [-0.15, -0.1) is 0 Å². The molecule has 6 N–H and O–H groups in total. The average Bonchev–Trinajstić information content (AvgIpc) is 3.22. The Kier molecular flexibility index (Phi) is 7.26. The van der Waals surface area contributed by atoms with E-state index >= 15 is 0 Å². The number of nitrogens with zero attached hydrogens (tertiary/aromatic N) is 1. The molecule has 0 atom stereocenters. The van der Waals surface area contributed by atoms with Crippen LogP contribution in [-0.2, 0) is 6.42 Å². The molecule has 1 fully saturated rings. The molecule has 4 rings (SSSR count). The highest BCUT2D eigenvalue weighted by atomic mass is 16.2. The Morgan fingerprint density at radius 1 is 1.09 bits per heavy atom. The number of anilines is 1. The van der Waals surface area contributed by atoms with Gasteiger partial charge in [-0.1, -0.05) is 30.3 Å². The standard InChI is InChI=1S/C25H32N6O2/c1-27-11-12-28-30-25(33)22-20-16-19(23(26)32)7-8-21(20)29-24(22)31-13-9-18(10-14-31)15-17-5-3-2-4-6-17/h2-8,16,18,27-29H,9-15H2,1H3,(H2,26,32)(H,30,33). The Morgan fingerprint density at radius 2 is 1.85 bits per heavy atom. The van der Waals surface area contributed by atoms with E-state index in [1.54, 1.807) is 12.1 Å². The number of aromatic amines is 1.